The van der Waals surface area contributed by atoms with Gasteiger partial charge in [-0.15, -0.1) is 0 Å². The van der Waals surface area contributed by atoms with E-state index in [-0.39, 0.29) is 18.7 Å². The van der Waals surface area contributed by atoms with E-state index < -0.39 is 0 Å². The molecule has 2 aliphatic heterocycles. The van der Waals surface area contributed by atoms with E-state index in [4.69, 9.17) is 18.9 Å². The number of unbranched alkanes of at least 4 members (excludes halogenated alkanes) is 18. The van der Waals surface area contributed by atoms with Crippen LogP contribution >= 0.6 is 0 Å². The third-order valence-electron chi connectivity index (χ3n) is 9.24. The second-order valence-electron chi connectivity index (χ2n) is 13.3. The van der Waals surface area contributed by atoms with Crippen LogP contribution in [0.1, 0.15) is 194 Å². The fourth-order valence-electron chi connectivity index (χ4n) is 6.22. The van der Waals surface area contributed by atoms with E-state index in [9.17, 15) is 9.59 Å². The van der Waals surface area contributed by atoms with Crippen LogP contribution in [0, 0.1) is 0 Å². The molecule has 0 aromatic carbocycles. The molecule has 0 spiro atoms. The average Bonchev–Trinajstić information content (AvgIpc) is 3.93. The normalized spacial score (nSPS) is 20.7. The SMILES string of the molecule is CCCCCCCCC1OC1CCCCCCCC(=O)OCOC(=O)CCCCCCCC1OC1CCCCCCCC. The summed E-state index contributed by atoms with van der Waals surface area (Å²) in [5.74, 6) is -0.545. The summed E-state index contributed by atoms with van der Waals surface area (Å²) in [4.78, 5) is 23.8. The first kappa shape index (κ1) is 38.0. The Bertz CT molecular complexity index is 626. The van der Waals surface area contributed by atoms with Crippen LogP contribution in [-0.2, 0) is 28.5 Å². The Hall–Kier alpha value is -1.14. The molecule has 0 radical (unpaired) electrons. The van der Waals surface area contributed by atoms with Crippen molar-refractivity contribution in [1.82, 2.24) is 0 Å². The highest BCUT2D eigenvalue weighted by molar-refractivity contribution is 5.70. The molecule has 0 N–H and O–H groups in total. The topological polar surface area (TPSA) is 77.7 Å². The Labute approximate surface area is 265 Å². The summed E-state index contributed by atoms with van der Waals surface area (Å²) in [5, 5.41) is 0. The molecule has 43 heavy (non-hydrogen) atoms. The van der Waals surface area contributed by atoms with Gasteiger partial charge in [0.1, 0.15) is 0 Å². The van der Waals surface area contributed by atoms with E-state index in [0.29, 0.717) is 37.3 Å². The van der Waals surface area contributed by atoms with E-state index in [1.54, 1.807) is 0 Å². The first-order valence-corrected chi connectivity index (χ1v) is 18.8. The lowest BCUT2D eigenvalue weighted by Gasteiger charge is -2.06. The molecule has 0 saturated carbocycles. The summed E-state index contributed by atoms with van der Waals surface area (Å²) in [5.41, 5.74) is 0. The van der Waals surface area contributed by atoms with Crippen molar-refractivity contribution in [2.24, 2.45) is 0 Å². The van der Waals surface area contributed by atoms with Crippen molar-refractivity contribution in [2.45, 2.75) is 218 Å². The molecule has 0 bridgehead atoms. The highest BCUT2D eigenvalue weighted by atomic mass is 16.7. The molecule has 0 aliphatic carbocycles. The van der Waals surface area contributed by atoms with Gasteiger partial charge in [-0.1, -0.05) is 142 Å². The molecular weight excluding hydrogens is 540 g/mol. The molecule has 0 aromatic rings. The molecule has 4 atom stereocenters. The van der Waals surface area contributed by atoms with Crippen LogP contribution in [0.4, 0.5) is 0 Å². The summed E-state index contributed by atoms with van der Waals surface area (Å²) in [6.07, 6.45) is 34.8. The third-order valence-corrected chi connectivity index (χ3v) is 9.24. The van der Waals surface area contributed by atoms with Gasteiger partial charge in [-0.3, -0.25) is 9.59 Å². The second-order valence-corrected chi connectivity index (χ2v) is 13.3. The fourth-order valence-corrected chi connectivity index (χ4v) is 6.22. The molecule has 6 nitrogen and oxygen atoms in total. The standard InChI is InChI=1S/C37H68O6/c1-3-5-7-9-13-19-25-32-34(42-32)27-21-15-11-17-23-29-36(38)40-31-41-37(39)30-24-18-12-16-22-28-35-33(43-35)26-20-14-10-8-6-4-2/h32-35H,3-31H2,1-2H3. The molecule has 252 valence electrons. The third kappa shape index (κ3) is 22.1. The molecule has 2 saturated heterocycles. The molecule has 2 heterocycles. The monoisotopic (exact) mass is 609 g/mol. The van der Waals surface area contributed by atoms with Crippen molar-refractivity contribution in [1.29, 1.82) is 0 Å². The number of ether oxygens (including phenoxy) is 4. The van der Waals surface area contributed by atoms with E-state index in [1.807, 2.05) is 0 Å². The van der Waals surface area contributed by atoms with E-state index >= 15 is 0 Å². The smallest absolute Gasteiger partial charge is 0.308 e. The molecule has 0 amide bonds. The number of hydrogen-bond acceptors (Lipinski definition) is 6. The number of hydrogen-bond donors (Lipinski definition) is 0. The van der Waals surface area contributed by atoms with Gasteiger partial charge in [0.25, 0.3) is 0 Å². The molecule has 4 unspecified atom stereocenters. The largest absolute Gasteiger partial charge is 0.428 e. The van der Waals surface area contributed by atoms with Crippen LogP contribution in [0.2, 0.25) is 0 Å². The van der Waals surface area contributed by atoms with Crippen LogP contribution in [0.15, 0.2) is 0 Å². The van der Waals surface area contributed by atoms with Gasteiger partial charge in [0.15, 0.2) is 0 Å². The van der Waals surface area contributed by atoms with Gasteiger partial charge in [0.2, 0.25) is 6.79 Å². The summed E-state index contributed by atoms with van der Waals surface area (Å²) >= 11 is 0. The van der Waals surface area contributed by atoms with Gasteiger partial charge in [0, 0.05) is 12.8 Å². The van der Waals surface area contributed by atoms with Crippen molar-refractivity contribution in [3.8, 4) is 0 Å². The van der Waals surface area contributed by atoms with Crippen molar-refractivity contribution >= 4 is 11.9 Å². The maximum absolute atomic E-state index is 11.9. The quantitative estimate of drug-likeness (QED) is 0.0327. The number of carbonyl (C=O) groups excluding carboxylic acids is 2. The van der Waals surface area contributed by atoms with Crippen LogP contribution in [0.3, 0.4) is 0 Å². The predicted octanol–water partition coefficient (Wildman–Crippen LogP) is 10.5. The zero-order valence-electron chi connectivity index (χ0n) is 28.3. The Balaban J connectivity index is 1.25. The number of epoxide rings is 2. The minimum atomic E-state index is -0.273. The lowest BCUT2D eigenvalue weighted by atomic mass is 10.0. The van der Waals surface area contributed by atoms with E-state index in [2.05, 4.69) is 13.8 Å². The number of carbonyl (C=O) groups is 2. The van der Waals surface area contributed by atoms with Crippen LogP contribution in [0.5, 0.6) is 0 Å². The van der Waals surface area contributed by atoms with Crippen molar-refractivity contribution in [3.63, 3.8) is 0 Å². The molecule has 2 fully saturated rings. The van der Waals surface area contributed by atoms with Gasteiger partial charge < -0.3 is 18.9 Å². The Morgan fingerprint density at radius 2 is 0.698 bits per heavy atom. The second kappa shape index (κ2) is 26.1. The lowest BCUT2D eigenvalue weighted by molar-refractivity contribution is -0.167. The van der Waals surface area contributed by atoms with Gasteiger partial charge in [-0.2, -0.15) is 0 Å². The Morgan fingerprint density at radius 1 is 0.419 bits per heavy atom. The Morgan fingerprint density at radius 3 is 1.02 bits per heavy atom. The van der Waals surface area contributed by atoms with Gasteiger partial charge in [-0.25, -0.2) is 0 Å². The van der Waals surface area contributed by atoms with Gasteiger partial charge in [0.05, 0.1) is 24.4 Å². The zero-order valence-corrected chi connectivity index (χ0v) is 28.3. The van der Waals surface area contributed by atoms with Gasteiger partial charge >= 0.3 is 11.9 Å². The van der Waals surface area contributed by atoms with Crippen molar-refractivity contribution in [2.75, 3.05) is 6.79 Å². The Kier molecular flexibility index (Phi) is 23.1. The van der Waals surface area contributed by atoms with Crippen LogP contribution in [0.25, 0.3) is 0 Å². The number of rotatable bonds is 32. The molecular formula is C37H68O6. The lowest BCUT2D eigenvalue weighted by Crippen LogP contribution is -2.12. The first-order valence-electron chi connectivity index (χ1n) is 18.8. The summed E-state index contributed by atoms with van der Waals surface area (Å²) in [6, 6.07) is 0. The fraction of sp³-hybridized carbons (Fsp3) is 0.946. The highest BCUT2D eigenvalue weighted by Gasteiger charge is 2.37. The molecule has 2 aliphatic rings. The molecule has 0 aromatic heterocycles. The van der Waals surface area contributed by atoms with E-state index in [0.717, 1.165) is 38.5 Å². The van der Waals surface area contributed by atoms with Crippen LogP contribution < -0.4 is 0 Å². The maximum atomic E-state index is 11.9. The summed E-state index contributed by atoms with van der Waals surface area (Å²) in [7, 11) is 0. The van der Waals surface area contributed by atoms with Gasteiger partial charge in [-0.05, 0) is 38.5 Å². The summed E-state index contributed by atoms with van der Waals surface area (Å²) in [6.45, 7) is 4.28. The molecule has 2 rings (SSSR count). The summed E-state index contributed by atoms with van der Waals surface area (Å²) < 4.78 is 21.8. The first-order chi connectivity index (χ1) is 21.1. The molecule has 6 heteroatoms. The maximum Gasteiger partial charge on any atom is 0.308 e. The van der Waals surface area contributed by atoms with Crippen molar-refractivity contribution < 1.29 is 28.5 Å². The predicted molar refractivity (Wildman–Crippen MR) is 175 cm³/mol. The number of esters is 2. The van der Waals surface area contributed by atoms with E-state index in [1.165, 1.54) is 128 Å². The minimum Gasteiger partial charge on any atom is -0.428 e. The van der Waals surface area contributed by atoms with Crippen molar-refractivity contribution in [3.05, 3.63) is 0 Å². The van der Waals surface area contributed by atoms with Crippen LogP contribution in [-0.4, -0.2) is 43.1 Å². The highest BCUT2D eigenvalue weighted by Crippen LogP contribution is 2.33. The average molecular weight is 609 g/mol. The minimum absolute atomic E-state index is 0.250. The zero-order chi connectivity index (χ0) is 30.8.